The van der Waals surface area contributed by atoms with Gasteiger partial charge in [0.25, 0.3) is 0 Å². The van der Waals surface area contributed by atoms with Crippen molar-refractivity contribution in [1.29, 1.82) is 0 Å². The number of hydrogen-bond donors (Lipinski definition) is 2. The second-order valence-electron chi connectivity index (χ2n) is 7.17. The van der Waals surface area contributed by atoms with E-state index in [9.17, 15) is 9.90 Å². The van der Waals surface area contributed by atoms with Gasteiger partial charge in [-0.15, -0.1) is 0 Å². The molecule has 0 spiro atoms. The van der Waals surface area contributed by atoms with Crippen molar-refractivity contribution in [2.75, 3.05) is 20.1 Å². The fourth-order valence-corrected chi connectivity index (χ4v) is 3.33. The monoisotopic (exact) mass is 298 g/mol. The molecule has 1 aliphatic carbocycles. The number of hydrogen-bond acceptors (Lipinski definition) is 3. The Balaban J connectivity index is 2.69. The van der Waals surface area contributed by atoms with Gasteiger partial charge in [-0.3, -0.25) is 4.79 Å². The Kier molecular flexibility index (Phi) is 6.67. The molecule has 0 heterocycles. The van der Waals surface area contributed by atoms with Crippen LogP contribution in [0.5, 0.6) is 0 Å². The van der Waals surface area contributed by atoms with E-state index in [-0.39, 0.29) is 11.5 Å². The van der Waals surface area contributed by atoms with Gasteiger partial charge in [-0.1, -0.05) is 20.3 Å². The summed E-state index contributed by atoms with van der Waals surface area (Å²) in [5.41, 5.74) is -0.505. The fourth-order valence-electron chi connectivity index (χ4n) is 3.33. The van der Waals surface area contributed by atoms with Gasteiger partial charge in [0.05, 0.1) is 0 Å². The molecule has 4 heteroatoms. The van der Waals surface area contributed by atoms with Crippen LogP contribution >= 0.6 is 0 Å². The highest BCUT2D eigenvalue weighted by Gasteiger charge is 2.48. The summed E-state index contributed by atoms with van der Waals surface area (Å²) >= 11 is 0. The van der Waals surface area contributed by atoms with Gasteiger partial charge in [-0.25, -0.2) is 0 Å². The lowest BCUT2D eigenvalue weighted by Crippen LogP contribution is -2.55. The molecule has 1 fully saturated rings. The van der Waals surface area contributed by atoms with Crippen LogP contribution in [0.3, 0.4) is 0 Å². The summed E-state index contributed by atoms with van der Waals surface area (Å²) < 4.78 is 0. The fraction of sp³-hybridized carbons (Fsp3) is 0.941. The minimum absolute atomic E-state index is 0.182. The number of nitrogens with zero attached hydrogens (tertiary/aromatic N) is 1. The van der Waals surface area contributed by atoms with Crippen molar-refractivity contribution in [2.45, 2.75) is 77.3 Å². The number of aliphatic carboxylic acids is 1. The molecule has 0 radical (unpaired) electrons. The van der Waals surface area contributed by atoms with Crippen LogP contribution in [-0.2, 0) is 4.79 Å². The zero-order valence-corrected chi connectivity index (χ0v) is 14.5. The van der Waals surface area contributed by atoms with E-state index < -0.39 is 11.5 Å². The molecule has 1 saturated carbocycles. The van der Waals surface area contributed by atoms with Gasteiger partial charge in [0.1, 0.15) is 5.54 Å². The second kappa shape index (κ2) is 7.59. The lowest BCUT2D eigenvalue weighted by molar-refractivity contribution is -0.146. The van der Waals surface area contributed by atoms with Gasteiger partial charge >= 0.3 is 5.97 Å². The highest BCUT2D eigenvalue weighted by molar-refractivity contribution is 5.79. The molecule has 0 aromatic heterocycles. The molecule has 0 aliphatic heterocycles. The largest absolute Gasteiger partial charge is 0.480 e. The molecule has 0 amide bonds. The maximum absolute atomic E-state index is 11.9. The molecular weight excluding hydrogens is 264 g/mol. The maximum atomic E-state index is 11.9. The number of nitrogens with one attached hydrogen (secondary N) is 1. The van der Waals surface area contributed by atoms with E-state index in [0.717, 1.165) is 51.6 Å². The van der Waals surface area contributed by atoms with E-state index in [4.69, 9.17) is 0 Å². The van der Waals surface area contributed by atoms with Crippen molar-refractivity contribution in [1.82, 2.24) is 10.2 Å². The minimum Gasteiger partial charge on any atom is -0.480 e. The van der Waals surface area contributed by atoms with Crippen LogP contribution in [0.25, 0.3) is 0 Å². The number of carbonyl (C=O) groups is 1. The quantitative estimate of drug-likeness (QED) is 0.687. The van der Waals surface area contributed by atoms with E-state index in [0.29, 0.717) is 0 Å². The van der Waals surface area contributed by atoms with Gasteiger partial charge in [0.2, 0.25) is 0 Å². The number of carboxylic acids is 1. The van der Waals surface area contributed by atoms with Crippen molar-refractivity contribution >= 4 is 5.97 Å². The van der Waals surface area contributed by atoms with Gasteiger partial charge in [-0.05, 0) is 72.0 Å². The average Bonchev–Trinajstić information content (AvgIpc) is 2.86. The molecule has 2 atom stereocenters. The Hall–Kier alpha value is -0.610. The number of carboxylic acid groups (broad SMARTS) is 1. The van der Waals surface area contributed by atoms with Crippen molar-refractivity contribution < 1.29 is 9.90 Å². The first-order valence-corrected chi connectivity index (χ1v) is 8.49. The van der Waals surface area contributed by atoms with Crippen LogP contribution in [0.4, 0.5) is 0 Å². The summed E-state index contributed by atoms with van der Waals surface area (Å²) in [6, 6.07) is 0. The second-order valence-corrected chi connectivity index (χ2v) is 7.17. The molecule has 21 heavy (non-hydrogen) atoms. The Morgan fingerprint density at radius 3 is 2.62 bits per heavy atom. The first-order valence-electron chi connectivity index (χ1n) is 8.49. The summed E-state index contributed by atoms with van der Waals surface area (Å²) in [7, 11) is 2.15. The summed E-state index contributed by atoms with van der Waals surface area (Å²) in [4.78, 5) is 14.2. The Morgan fingerprint density at radius 1 is 1.43 bits per heavy atom. The molecule has 124 valence electrons. The van der Waals surface area contributed by atoms with Crippen LogP contribution in [0.2, 0.25) is 0 Å². The molecule has 2 unspecified atom stereocenters. The smallest absolute Gasteiger partial charge is 0.324 e. The van der Waals surface area contributed by atoms with Crippen LogP contribution in [0.15, 0.2) is 0 Å². The summed E-state index contributed by atoms with van der Waals surface area (Å²) in [5.74, 6) is -0.410. The zero-order valence-electron chi connectivity index (χ0n) is 14.5. The summed E-state index contributed by atoms with van der Waals surface area (Å²) in [6.45, 7) is 10.6. The minimum atomic E-state index is -0.687. The van der Waals surface area contributed by atoms with Crippen LogP contribution in [0, 0.1) is 5.92 Å². The molecular formula is C17H34N2O2. The molecule has 2 N–H and O–H groups in total. The van der Waals surface area contributed by atoms with Crippen molar-refractivity contribution in [3.8, 4) is 0 Å². The Labute approximate surface area is 130 Å². The predicted molar refractivity (Wildman–Crippen MR) is 87.6 cm³/mol. The SMILES string of the molecule is CCCNC1(C(=O)O)CCCC1CCN(C)C(C)(C)CC. The van der Waals surface area contributed by atoms with Gasteiger partial charge in [-0.2, -0.15) is 0 Å². The highest BCUT2D eigenvalue weighted by atomic mass is 16.4. The standard InChI is InChI=1S/C17H34N2O2/c1-6-12-18-17(15(20)21)11-8-9-14(17)10-13-19(5)16(3,4)7-2/h14,18H,6-13H2,1-5H3,(H,20,21). The molecule has 0 aromatic rings. The topological polar surface area (TPSA) is 52.6 Å². The van der Waals surface area contributed by atoms with Crippen LogP contribution in [0.1, 0.15) is 66.2 Å². The molecule has 0 saturated heterocycles. The van der Waals surface area contributed by atoms with Gasteiger partial charge in [0, 0.05) is 5.54 Å². The van der Waals surface area contributed by atoms with Crippen molar-refractivity contribution in [2.24, 2.45) is 5.92 Å². The molecule has 1 rings (SSSR count). The lowest BCUT2D eigenvalue weighted by atomic mass is 9.84. The third-order valence-electron chi connectivity index (χ3n) is 5.60. The van der Waals surface area contributed by atoms with Crippen molar-refractivity contribution in [3.05, 3.63) is 0 Å². The van der Waals surface area contributed by atoms with E-state index in [1.54, 1.807) is 0 Å². The predicted octanol–water partition coefficient (Wildman–Crippen LogP) is 3.12. The van der Waals surface area contributed by atoms with E-state index >= 15 is 0 Å². The average molecular weight is 298 g/mol. The van der Waals surface area contributed by atoms with E-state index in [1.807, 2.05) is 0 Å². The van der Waals surface area contributed by atoms with E-state index in [2.05, 4.69) is 45.0 Å². The van der Waals surface area contributed by atoms with Crippen molar-refractivity contribution in [3.63, 3.8) is 0 Å². The molecule has 0 aromatic carbocycles. The zero-order chi connectivity index (χ0) is 16.1. The Bertz CT molecular complexity index is 344. The van der Waals surface area contributed by atoms with Crippen LogP contribution < -0.4 is 5.32 Å². The normalized spacial score (nSPS) is 26.5. The lowest BCUT2D eigenvalue weighted by Gasteiger charge is -2.38. The molecule has 4 nitrogen and oxygen atoms in total. The molecule has 1 aliphatic rings. The summed E-state index contributed by atoms with van der Waals surface area (Å²) in [6.07, 6.45) is 5.87. The van der Waals surface area contributed by atoms with E-state index in [1.165, 1.54) is 0 Å². The Morgan fingerprint density at radius 2 is 2.10 bits per heavy atom. The van der Waals surface area contributed by atoms with Gasteiger partial charge in [0.15, 0.2) is 0 Å². The third-order valence-corrected chi connectivity index (χ3v) is 5.60. The molecule has 0 bridgehead atoms. The first-order chi connectivity index (χ1) is 9.80. The maximum Gasteiger partial charge on any atom is 0.324 e. The van der Waals surface area contributed by atoms with Crippen LogP contribution in [-0.4, -0.2) is 47.2 Å². The summed E-state index contributed by atoms with van der Waals surface area (Å²) in [5, 5.41) is 13.1. The first kappa shape index (κ1) is 18.4. The van der Waals surface area contributed by atoms with Gasteiger partial charge < -0.3 is 15.3 Å². The number of rotatable bonds is 9. The highest BCUT2D eigenvalue weighted by Crippen LogP contribution is 2.38. The third kappa shape index (κ3) is 4.19.